The number of rotatable bonds is 4. The Hall–Kier alpha value is -3.27. The van der Waals surface area contributed by atoms with Crippen molar-refractivity contribution >= 4 is 74.4 Å². The van der Waals surface area contributed by atoms with Crippen LogP contribution in [0.15, 0.2) is 69.1 Å². The molecular weight excluding hydrogens is 520 g/mol. The summed E-state index contributed by atoms with van der Waals surface area (Å²) >= 11 is 14.6. The summed E-state index contributed by atoms with van der Waals surface area (Å²) in [6.07, 6.45) is 1.32. The molecule has 0 atom stereocenters. The van der Waals surface area contributed by atoms with Crippen molar-refractivity contribution in [2.75, 3.05) is 4.90 Å². The van der Waals surface area contributed by atoms with Gasteiger partial charge in [0, 0.05) is 10.0 Å². The molecule has 1 aliphatic rings. The zero-order valence-electron chi connectivity index (χ0n) is 16.0. The second kappa shape index (κ2) is 8.70. The van der Waals surface area contributed by atoms with Gasteiger partial charge in [0.25, 0.3) is 11.8 Å². The van der Waals surface area contributed by atoms with Gasteiger partial charge in [-0.05, 0) is 60.8 Å². The molecule has 0 aliphatic carbocycles. The van der Waals surface area contributed by atoms with E-state index < -0.39 is 17.8 Å². The van der Waals surface area contributed by atoms with Gasteiger partial charge >= 0.3 is 5.97 Å². The van der Waals surface area contributed by atoms with Crippen LogP contribution in [0.1, 0.15) is 16.1 Å². The van der Waals surface area contributed by atoms with E-state index in [0.717, 1.165) is 4.47 Å². The molecule has 2 heterocycles. The van der Waals surface area contributed by atoms with Gasteiger partial charge in [-0.3, -0.25) is 19.8 Å². The minimum Gasteiger partial charge on any atom is -0.478 e. The molecule has 10 heteroatoms. The first-order chi connectivity index (χ1) is 15.2. The molecule has 1 fully saturated rings. The first kappa shape index (κ1) is 21.9. The standard InChI is InChI=1S/C22H12BrClN2O5S/c23-12-2-1-3-13(9-12)26-20(28)16(19(27)25-22(26)32)10-14-5-7-18(31-14)11-4-6-15(21(29)30)17(24)8-11/h1-10H,(H,29,30)(H,25,27,32)/b16-10-. The SMILES string of the molecule is O=C1NC(=S)N(c2cccc(Br)c2)C(=O)/C1=C\c1ccc(-c2ccc(C(=O)O)c(Cl)c2)o1. The maximum atomic E-state index is 13.1. The molecule has 4 rings (SSSR count). The largest absolute Gasteiger partial charge is 0.478 e. The highest BCUT2D eigenvalue weighted by molar-refractivity contribution is 9.10. The molecule has 2 amide bonds. The first-order valence-corrected chi connectivity index (χ1v) is 10.6. The van der Waals surface area contributed by atoms with Crippen molar-refractivity contribution in [2.24, 2.45) is 0 Å². The van der Waals surface area contributed by atoms with Gasteiger partial charge in [0.2, 0.25) is 0 Å². The monoisotopic (exact) mass is 530 g/mol. The fourth-order valence-electron chi connectivity index (χ4n) is 3.08. The van der Waals surface area contributed by atoms with Gasteiger partial charge in [-0.25, -0.2) is 4.79 Å². The van der Waals surface area contributed by atoms with Crippen LogP contribution in [0.3, 0.4) is 0 Å². The molecule has 0 saturated carbocycles. The molecule has 160 valence electrons. The maximum absolute atomic E-state index is 13.1. The number of hydrogen-bond acceptors (Lipinski definition) is 5. The number of carbonyl (C=O) groups is 3. The van der Waals surface area contributed by atoms with E-state index in [1.54, 1.807) is 42.5 Å². The van der Waals surface area contributed by atoms with Crippen molar-refractivity contribution in [3.05, 3.63) is 81.0 Å². The van der Waals surface area contributed by atoms with Crippen LogP contribution in [0, 0.1) is 0 Å². The lowest BCUT2D eigenvalue weighted by molar-refractivity contribution is -0.122. The van der Waals surface area contributed by atoms with Gasteiger partial charge in [0.1, 0.15) is 17.1 Å². The van der Waals surface area contributed by atoms with Gasteiger partial charge in [-0.2, -0.15) is 0 Å². The highest BCUT2D eigenvalue weighted by Gasteiger charge is 2.34. The van der Waals surface area contributed by atoms with Crippen molar-refractivity contribution in [2.45, 2.75) is 0 Å². The number of hydrogen-bond donors (Lipinski definition) is 2. The number of furan rings is 1. The summed E-state index contributed by atoms with van der Waals surface area (Å²) in [5, 5.41) is 11.6. The topological polar surface area (TPSA) is 99.9 Å². The van der Waals surface area contributed by atoms with Crippen LogP contribution in [-0.4, -0.2) is 28.0 Å². The second-order valence-electron chi connectivity index (χ2n) is 6.64. The number of anilines is 1. The van der Waals surface area contributed by atoms with Crippen molar-refractivity contribution < 1.29 is 23.9 Å². The zero-order valence-corrected chi connectivity index (χ0v) is 19.1. The molecular formula is C22H12BrClN2O5S. The van der Waals surface area contributed by atoms with E-state index in [1.165, 1.54) is 23.1 Å². The number of nitrogens with zero attached hydrogens (tertiary/aromatic N) is 1. The van der Waals surface area contributed by atoms with Crippen molar-refractivity contribution in [3.63, 3.8) is 0 Å². The van der Waals surface area contributed by atoms with Crippen LogP contribution in [-0.2, 0) is 9.59 Å². The smallest absolute Gasteiger partial charge is 0.337 e. The van der Waals surface area contributed by atoms with E-state index in [-0.39, 0.29) is 27.0 Å². The summed E-state index contributed by atoms with van der Waals surface area (Å²) in [6, 6.07) is 14.5. The van der Waals surface area contributed by atoms with Gasteiger partial charge in [-0.1, -0.05) is 39.7 Å². The molecule has 3 aromatic rings. The van der Waals surface area contributed by atoms with Gasteiger partial charge in [0.15, 0.2) is 5.11 Å². The number of carbonyl (C=O) groups excluding carboxylic acids is 2. The fraction of sp³-hybridized carbons (Fsp3) is 0. The Labute approximate surface area is 200 Å². The second-order valence-corrected chi connectivity index (χ2v) is 8.35. The number of thiocarbonyl (C=S) groups is 1. The Balaban J connectivity index is 1.66. The van der Waals surface area contributed by atoms with E-state index in [2.05, 4.69) is 21.2 Å². The Bertz CT molecular complexity index is 1330. The molecule has 1 aromatic heterocycles. The molecule has 2 aromatic carbocycles. The quantitative estimate of drug-likeness (QED) is 0.282. The Kier molecular flexibility index (Phi) is 5.96. The number of halogens is 2. The number of aromatic carboxylic acids is 1. The molecule has 1 aliphatic heterocycles. The Morgan fingerprint density at radius 1 is 1.16 bits per heavy atom. The number of amides is 2. The van der Waals surface area contributed by atoms with E-state index in [4.69, 9.17) is 33.3 Å². The summed E-state index contributed by atoms with van der Waals surface area (Å²) in [5.74, 6) is -1.74. The minimum absolute atomic E-state index is 0.0245. The molecule has 0 spiro atoms. The van der Waals surface area contributed by atoms with Crippen LogP contribution in [0.2, 0.25) is 5.02 Å². The van der Waals surface area contributed by atoms with Gasteiger partial charge < -0.3 is 9.52 Å². The summed E-state index contributed by atoms with van der Waals surface area (Å²) in [4.78, 5) is 37.9. The number of nitrogens with one attached hydrogen (secondary N) is 1. The molecule has 0 bridgehead atoms. The molecule has 32 heavy (non-hydrogen) atoms. The average molecular weight is 532 g/mol. The lowest BCUT2D eigenvalue weighted by Gasteiger charge is -2.28. The van der Waals surface area contributed by atoms with E-state index in [0.29, 0.717) is 17.0 Å². The molecule has 0 unspecified atom stereocenters. The fourth-order valence-corrected chi connectivity index (χ4v) is 4.01. The van der Waals surface area contributed by atoms with E-state index in [9.17, 15) is 14.4 Å². The summed E-state index contributed by atoms with van der Waals surface area (Å²) in [6.45, 7) is 0. The predicted molar refractivity (Wildman–Crippen MR) is 126 cm³/mol. The van der Waals surface area contributed by atoms with Crippen LogP contribution in [0.5, 0.6) is 0 Å². The highest BCUT2D eigenvalue weighted by atomic mass is 79.9. The van der Waals surface area contributed by atoms with E-state index >= 15 is 0 Å². The summed E-state index contributed by atoms with van der Waals surface area (Å²) in [5.41, 5.74) is 0.853. The van der Waals surface area contributed by atoms with Crippen molar-refractivity contribution in [3.8, 4) is 11.3 Å². The lowest BCUT2D eigenvalue weighted by Crippen LogP contribution is -2.54. The Morgan fingerprint density at radius 3 is 2.62 bits per heavy atom. The third-order valence-electron chi connectivity index (χ3n) is 4.57. The summed E-state index contributed by atoms with van der Waals surface area (Å²) in [7, 11) is 0. The third kappa shape index (κ3) is 4.22. The van der Waals surface area contributed by atoms with Crippen molar-refractivity contribution in [1.82, 2.24) is 5.32 Å². The Morgan fingerprint density at radius 2 is 1.94 bits per heavy atom. The van der Waals surface area contributed by atoms with Crippen LogP contribution >= 0.6 is 39.7 Å². The van der Waals surface area contributed by atoms with Gasteiger partial charge in [0.05, 0.1) is 16.3 Å². The van der Waals surface area contributed by atoms with Gasteiger partial charge in [-0.15, -0.1) is 0 Å². The van der Waals surface area contributed by atoms with Crippen LogP contribution in [0.25, 0.3) is 17.4 Å². The minimum atomic E-state index is -1.14. The lowest BCUT2D eigenvalue weighted by atomic mass is 10.1. The molecule has 0 radical (unpaired) electrons. The van der Waals surface area contributed by atoms with Crippen molar-refractivity contribution in [1.29, 1.82) is 0 Å². The molecule has 2 N–H and O–H groups in total. The number of carboxylic acids is 1. The average Bonchev–Trinajstić information content (AvgIpc) is 3.19. The van der Waals surface area contributed by atoms with E-state index in [1.807, 2.05) is 0 Å². The zero-order chi connectivity index (χ0) is 23.0. The maximum Gasteiger partial charge on any atom is 0.337 e. The third-order valence-corrected chi connectivity index (χ3v) is 5.66. The molecule has 7 nitrogen and oxygen atoms in total. The van der Waals surface area contributed by atoms with Crippen LogP contribution in [0.4, 0.5) is 5.69 Å². The number of benzene rings is 2. The number of carboxylic acid groups (broad SMARTS) is 1. The summed E-state index contributed by atoms with van der Waals surface area (Å²) < 4.78 is 6.48. The molecule has 1 saturated heterocycles. The predicted octanol–water partition coefficient (Wildman–Crippen LogP) is 4.89. The normalized spacial score (nSPS) is 15.2. The van der Waals surface area contributed by atoms with Crippen LogP contribution < -0.4 is 10.2 Å². The highest BCUT2D eigenvalue weighted by Crippen LogP contribution is 2.29. The first-order valence-electron chi connectivity index (χ1n) is 9.04.